The van der Waals surface area contributed by atoms with Crippen molar-refractivity contribution in [1.29, 1.82) is 0 Å². The zero-order chi connectivity index (χ0) is 28.8. The van der Waals surface area contributed by atoms with Gasteiger partial charge < -0.3 is 41.4 Å². The van der Waals surface area contributed by atoms with E-state index in [1.807, 2.05) is 24.3 Å². The molecule has 4 rings (SSSR count). The van der Waals surface area contributed by atoms with Crippen LogP contribution in [0.25, 0.3) is 10.9 Å². The third-order valence-electron chi connectivity index (χ3n) is 6.88. The van der Waals surface area contributed by atoms with Crippen LogP contribution in [0.2, 0.25) is 0 Å². The van der Waals surface area contributed by atoms with Crippen molar-refractivity contribution < 1.29 is 34.2 Å². The lowest BCUT2D eigenvalue weighted by Crippen LogP contribution is -2.57. The van der Waals surface area contributed by atoms with Gasteiger partial charge in [0.2, 0.25) is 17.7 Å². The van der Waals surface area contributed by atoms with Gasteiger partial charge in [0.15, 0.2) is 0 Å². The Labute approximate surface area is 228 Å². The van der Waals surface area contributed by atoms with E-state index >= 15 is 0 Å². The lowest BCUT2D eigenvalue weighted by Gasteiger charge is -2.28. The second kappa shape index (κ2) is 12.4. The number of carbonyl (C=O) groups excluding carboxylic acids is 3. The first-order valence-corrected chi connectivity index (χ1v) is 12.8. The normalized spacial score (nSPS) is 17.2. The van der Waals surface area contributed by atoms with E-state index in [0.717, 1.165) is 16.5 Å². The van der Waals surface area contributed by atoms with Crippen LogP contribution in [0.5, 0.6) is 0 Å². The van der Waals surface area contributed by atoms with Gasteiger partial charge in [0.25, 0.3) is 0 Å². The number of carboxylic acid groups (broad SMARTS) is 2. The predicted octanol–water partition coefficient (Wildman–Crippen LogP) is -0.477. The molecular weight excluding hydrogens is 522 g/mol. The fraction of sp³-hybridized carbons (Fsp3) is 0.385. The monoisotopic (exact) mass is 553 g/mol. The SMILES string of the molecule is NC(CC(=O)O)C(=O)N1CCCC1C(=O)NC(Cc1c[nH]c2ccccc12)C(=O)NC(Cc1cnc[nH]1)C(=O)O. The Kier molecular flexibility index (Phi) is 8.79. The summed E-state index contributed by atoms with van der Waals surface area (Å²) in [5.41, 5.74) is 7.81. The molecule has 14 heteroatoms. The first-order valence-electron chi connectivity index (χ1n) is 12.8. The van der Waals surface area contributed by atoms with Gasteiger partial charge in [-0.3, -0.25) is 19.2 Å². The molecule has 3 aromatic rings. The number of fused-ring (bicyclic) bond motifs is 1. The zero-order valence-corrected chi connectivity index (χ0v) is 21.5. The van der Waals surface area contributed by atoms with Crippen LogP contribution in [-0.4, -0.2) is 90.4 Å². The molecule has 0 saturated carbocycles. The summed E-state index contributed by atoms with van der Waals surface area (Å²) in [6, 6.07) is 2.66. The number of nitrogens with zero attached hydrogens (tertiary/aromatic N) is 2. The summed E-state index contributed by atoms with van der Waals surface area (Å²) in [5, 5.41) is 24.8. The van der Waals surface area contributed by atoms with Crippen LogP contribution in [0.15, 0.2) is 43.0 Å². The Balaban J connectivity index is 1.55. The lowest BCUT2D eigenvalue weighted by molar-refractivity contribution is -0.144. The maximum atomic E-state index is 13.5. The van der Waals surface area contributed by atoms with E-state index in [1.54, 1.807) is 6.20 Å². The molecule has 3 heterocycles. The van der Waals surface area contributed by atoms with Crippen LogP contribution in [0.3, 0.4) is 0 Å². The summed E-state index contributed by atoms with van der Waals surface area (Å²) in [5.74, 6) is -4.50. The third kappa shape index (κ3) is 6.64. The topological polar surface area (TPSA) is 224 Å². The maximum absolute atomic E-state index is 13.5. The Morgan fingerprint density at radius 3 is 2.55 bits per heavy atom. The summed E-state index contributed by atoms with van der Waals surface area (Å²) < 4.78 is 0. The van der Waals surface area contributed by atoms with Crippen LogP contribution in [0.4, 0.5) is 0 Å². The molecule has 212 valence electrons. The third-order valence-corrected chi connectivity index (χ3v) is 6.88. The Morgan fingerprint density at radius 1 is 1.07 bits per heavy atom. The highest BCUT2D eigenvalue weighted by Gasteiger charge is 2.38. The quantitative estimate of drug-likeness (QED) is 0.154. The number of carboxylic acids is 2. The highest BCUT2D eigenvalue weighted by molar-refractivity contribution is 5.95. The van der Waals surface area contributed by atoms with Crippen LogP contribution in [0, 0.1) is 0 Å². The molecule has 4 unspecified atom stereocenters. The van der Waals surface area contributed by atoms with Crippen LogP contribution in [0.1, 0.15) is 30.5 Å². The van der Waals surface area contributed by atoms with Crippen molar-refractivity contribution in [2.24, 2.45) is 5.73 Å². The molecule has 0 bridgehead atoms. The van der Waals surface area contributed by atoms with E-state index in [4.69, 9.17) is 10.8 Å². The number of para-hydroxylation sites is 1. The van der Waals surface area contributed by atoms with E-state index in [1.165, 1.54) is 17.4 Å². The van der Waals surface area contributed by atoms with E-state index in [2.05, 4.69) is 25.6 Å². The highest BCUT2D eigenvalue weighted by Crippen LogP contribution is 2.21. The van der Waals surface area contributed by atoms with E-state index in [0.29, 0.717) is 18.5 Å². The molecule has 1 aliphatic heterocycles. The van der Waals surface area contributed by atoms with Crippen molar-refractivity contribution in [3.8, 4) is 0 Å². The van der Waals surface area contributed by atoms with Gasteiger partial charge in [-0.25, -0.2) is 9.78 Å². The lowest BCUT2D eigenvalue weighted by atomic mass is 10.0. The van der Waals surface area contributed by atoms with E-state index < -0.39 is 60.2 Å². The second-order valence-corrected chi connectivity index (χ2v) is 9.70. The number of rotatable bonds is 12. The molecule has 1 aromatic carbocycles. The zero-order valence-electron chi connectivity index (χ0n) is 21.5. The van der Waals surface area contributed by atoms with Crippen molar-refractivity contribution in [2.75, 3.05) is 6.54 Å². The average Bonchev–Trinajstić information content (AvgIpc) is 3.68. The number of benzene rings is 1. The van der Waals surface area contributed by atoms with Crippen LogP contribution >= 0.6 is 0 Å². The molecule has 0 spiro atoms. The number of nitrogens with two attached hydrogens (primary N) is 1. The number of carbonyl (C=O) groups is 5. The van der Waals surface area contributed by atoms with Crippen molar-refractivity contribution in [1.82, 2.24) is 30.5 Å². The van der Waals surface area contributed by atoms with Crippen molar-refractivity contribution >= 4 is 40.6 Å². The van der Waals surface area contributed by atoms with Crippen molar-refractivity contribution in [3.05, 3.63) is 54.2 Å². The number of amides is 3. The molecule has 0 aliphatic carbocycles. The Morgan fingerprint density at radius 2 is 1.85 bits per heavy atom. The van der Waals surface area contributed by atoms with Gasteiger partial charge in [-0.05, 0) is 24.5 Å². The number of aliphatic carboxylic acids is 2. The minimum Gasteiger partial charge on any atom is -0.481 e. The van der Waals surface area contributed by atoms with Gasteiger partial charge >= 0.3 is 11.9 Å². The maximum Gasteiger partial charge on any atom is 0.326 e. The predicted molar refractivity (Wildman–Crippen MR) is 141 cm³/mol. The van der Waals surface area contributed by atoms with Gasteiger partial charge in [0.1, 0.15) is 18.1 Å². The minimum atomic E-state index is -1.31. The smallest absolute Gasteiger partial charge is 0.326 e. The number of aromatic nitrogens is 3. The molecule has 4 atom stereocenters. The molecule has 3 amide bonds. The summed E-state index contributed by atoms with van der Waals surface area (Å²) in [6.45, 7) is 0.217. The highest BCUT2D eigenvalue weighted by atomic mass is 16.4. The van der Waals surface area contributed by atoms with Gasteiger partial charge in [0, 0.05) is 48.4 Å². The Hall–Kier alpha value is -4.72. The summed E-state index contributed by atoms with van der Waals surface area (Å²) >= 11 is 0. The molecular formula is C26H31N7O7. The molecule has 1 fully saturated rings. The van der Waals surface area contributed by atoms with Gasteiger partial charge in [-0.1, -0.05) is 18.2 Å². The molecule has 2 aromatic heterocycles. The van der Waals surface area contributed by atoms with E-state index in [9.17, 15) is 29.1 Å². The first-order chi connectivity index (χ1) is 19.1. The molecule has 1 aliphatic rings. The number of nitrogens with one attached hydrogen (secondary N) is 4. The molecule has 40 heavy (non-hydrogen) atoms. The molecule has 8 N–H and O–H groups in total. The summed E-state index contributed by atoms with van der Waals surface area (Å²) in [7, 11) is 0. The second-order valence-electron chi connectivity index (χ2n) is 9.70. The van der Waals surface area contributed by atoms with Gasteiger partial charge in [0.05, 0.1) is 18.8 Å². The van der Waals surface area contributed by atoms with Crippen LogP contribution in [-0.2, 0) is 36.8 Å². The van der Waals surface area contributed by atoms with E-state index in [-0.39, 0.29) is 19.4 Å². The minimum absolute atomic E-state index is 0.0389. The fourth-order valence-corrected chi connectivity index (χ4v) is 4.88. The number of hydrogen-bond donors (Lipinski definition) is 7. The van der Waals surface area contributed by atoms with Crippen molar-refractivity contribution in [2.45, 2.75) is 56.3 Å². The number of hydrogen-bond acceptors (Lipinski definition) is 7. The number of imidazole rings is 1. The first kappa shape index (κ1) is 28.3. The molecule has 14 nitrogen and oxygen atoms in total. The summed E-state index contributed by atoms with van der Waals surface area (Å²) in [4.78, 5) is 73.6. The number of aromatic amines is 2. The standard InChI is InChI=1S/C26H31N7O7/c27-17(10-22(34)35)25(38)33-7-3-6-21(33)24(37)31-19(8-14-11-29-18-5-2-1-4-16(14)18)23(36)32-20(26(39)40)9-15-12-28-13-30-15/h1-2,4-5,11-13,17,19-21,29H,3,6-10,27H2,(H,28,30)(H,31,37)(H,32,36)(H,34,35)(H,39,40). The number of likely N-dealkylation sites (tertiary alicyclic amines) is 1. The van der Waals surface area contributed by atoms with Gasteiger partial charge in [-0.2, -0.15) is 0 Å². The van der Waals surface area contributed by atoms with Crippen LogP contribution < -0.4 is 16.4 Å². The van der Waals surface area contributed by atoms with Crippen molar-refractivity contribution in [3.63, 3.8) is 0 Å². The summed E-state index contributed by atoms with van der Waals surface area (Å²) in [6.07, 6.45) is 4.76. The average molecular weight is 554 g/mol. The molecule has 0 radical (unpaired) electrons. The van der Waals surface area contributed by atoms with Gasteiger partial charge in [-0.15, -0.1) is 0 Å². The number of H-pyrrole nitrogens is 2. The fourth-order valence-electron chi connectivity index (χ4n) is 4.88. The Bertz CT molecular complexity index is 1390. The molecule has 1 saturated heterocycles. The largest absolute Gasteiger partial charge is 0.481 e.